The Morgan fingerprint density at radius 3 is 2.89 bits per heavy atom. The smallest absolute Gasteiger partial charge is 0.311 e. The highest BCUT2D eigenvalue weighted by molar-refractivity contribution is 6.30. The van der Waals surface area contributed by atoms with Gasteiger partial charge in [0, 0.05) is 35.5 Å². The maximum absolute atomic E-state index is 10.9. The second-order valence-corrected chi connectivity index (χ2v) is 4.08. The van der Waals surface area contributed by atoms with Crippen LogP contribution in [0.15, 0.2) is 36.5 Å². The van der Waals surface area contributed by atoms with Crippen molar-refractivity contribution in [1.29, 1.82) is 0 Å². The van der Waals surface area contributed by atoms with Gasteiger partial charge < -0.3 is 10.5 Å². The zero-order valence-electron chi connectivity index (χ0n) is 9.75. The Morgan fingerprint density at radius 2 is 2.21 bits per heavy atom. The lowest BCUT2D eigenvalue weighted by Gasteiger charge is -2.08. The van der Waals surface area contributed by atoms with Crippen LogP contribution in [0.4, 0.5) is 5.69 Å². The van der Waals surface area contributed by atoms with Gasteiger partial charge in [-0.3, -0.25) is 10.1 Å². The fourth-order valence-corrected chi connectivity index (χ4v) is 1.66. The van der Waals surface area contributed by atoms with E-state index in [0.29, 0.717) is 10.6 Å². The topological polar surface area (TPSA) is 91.3 Å². The van der Waals surface area contributed by atoms with E-state index in [1.54, 1.807) is 12.1 Å². The molecule has 19 heavy (non-hydrogen) atoms. The standard InChI is InChI=1S/C12H10ClN3O3/c13-9-3-4-10(16(17)18)11(6-9)19-12-8(7-14)2-1-5-15-12/h1-6H,7,14H2. The number of nitrogens with two attached hydrogens (primary N) is 1. The van der Waals surface area contributed by atoms with Crippen LogP contribution in [0.3, 0.4) is 0 Å². The van der Waals surface area contributed by atoms with E-state index in [9.17, 15) is 10.1 Å². The third-order valence-corrected chi connectivity index (χ3v) is 2.63. The highest BCUT2D eigenvalue weighted by Gasteiger charge is 2.17. The molecule has 1 heterocycles. The summed E-state index contributed by atoms with van der Waals surface area (Å²) in [6.07, 6.45) is 1.52. The molecule has 0 aliphatic rings. The summed E-state index contributed by atoms with van der Waals surface area (Å²) in [4.78, 5) is 14.4. The first kappa shape index (κ1) is 13.3. The van der Waals surface area contributed by atoms with Crippen LogP contribution in [0.5, 0.6) is 11.6 Å². The zero-order valence-corrected chi connectivity index (χ0v) is 10.5. The van der Waals surface area contributed by atoms with Crippen LogP contribution in [-0.2, 0) is 6.54 Å². The van der Waals surface area contributed by atoms with E-state index in [4.69, 9.17) is 22.1 Å². The van der Waals surface area contributed by atoms with Gasteiger partial charge in [0.2, 0.25) is 11.6 Å². The minimum absolute atomic E-state index is 0.0332. The lowest BCUT2D eigenvalue weighted by molar-refractivity contribution is -0.385. The van der Waals surface area contributed by atoms with E-state index in [1.807, 2.05) is 0 Å². The number of nitrogens with zero attached hydrogens (tertiary/aromatic N) is 2. The molecule has 2 N–H and O–H groups in total. The third-order valence-electron chi connectivity index (χ3n) is 2.40. The fourth-order valence-electron chi connectivity index (χ4n) is 1.50. The molecule has 0 radical (unpaired) electrons. The quantitative estimate of drug-likeness (QED) is 0.686. The van der Waals surface area contributed by atoms with Crippen LogP contribution < -0.4 is 10.5 Å². The molecule has 0 aliphatic carbocycles. The van der Waals surface area contributed by atoms with Crippen molar-refractivity contribution in [3.8, 4) is 11.6 Å². The SMILES string of the molecule is NCc1cccnc1Oc1cc(Cl)ccc1[N+](=O)[O-]. The van der Waals surface area contributed by atoms with Gasteiger partial charge in [0.25, 0.3) is 0 Å². The van der Waals surface area contributed by atoms with E-state index in [1.165, 1.54) is 24.4 Å². The molecule has 98 valence electrons. The zero-order chi connectivity index (χ0) is 13.8. The van der Waals surface area contributed by atoms with Crippen molar-refractivity contribution >= 4 is 17.3 Å². The van der Waals surface area contributed by atoms with Crippen molar-refractivity contribution in [2.45, 2.75) is 6.54 Å². The Hall–Kier alpha value is -2.18. The second-order valence-electron chi connectivity index (χ2n) is 3.64. The number of hydrogen-bond acceptors (Lipinski definition) is 5. The van der Waals surface area contributed by atoms with Crippen LogP contribution in [-0.4, -0.2) is 9.91 Å². The molecule has 2 aromatic rings. The van der Waals surface area contributed by atoms with E-state index in [2.05, 4.69) is 4.98 Å². The summed E-state index contributed by atoms with van der Waals surface area (Å²) in [5.41, 5.74) is 6.02. The Balaban J connectivity index is 2.42. The Bertz CT molecular complexity index is 619. The number of ether oxygens (including phenoxy) is 1. The number of halogens is 1. The fraction of sp³-hybridized carbons (Fsp3) is 0.0833. The minimum atomic E-state index is -0.545. The van der Waals surface area contributed by atoms with Gasteiger partial charge in [-0.05, 0) is 12.1 Å². The Kier molecular flexibility index (Phi) is 3.94. The van der Waals surface area contributed by atoms with Crippen LogP contribution >= 0.6 is 11.6 Å². The van der Waals surface area contributed by atoms with Crippen molar-refractivity contribution in [2.24, 2.45) is 5.73 Å². The number of aromatic nitrogens is 1. The van der Waals surface area contributed by atoms with Crippen molar-refractivity contribution in [3.63, 3.8) is 0 Å². The predicted octanol–water partition coefficient (Wildman–Crippen LogP) is 2.89. The molecule has 6 nitrogen and oxygen atoms in total. The lowest BCUT2D eigenvalue weighted by Crippen LogP contribution is -2.02. The van der Waals surface area contributed by atoms with Gasteiger partial charge in [-0.15, -0.1) is 0 Å². The summed E-state index contributed by atoms with van der Waals surface area (Å²) in [6, 6.07) is 7.52. The number of hydrogen-bond donors (Lipinski definition) is 1. The third kappa shape index (κ3) is 2.98. The lowest BCUT2D eigenvalue weighted by atomic mass is 10.2. The second kappa shape index (κ2) is 5.64. The first-order valence-electron chi connectivity index (χ1n) is 5.37. The molecule has 7 heteroatoms. The first-order valence-corrected chi connectivity index (χ1v) is 5.75. The van der Waals surface area contributed by atoms with E-state index in [-0.39, 0.29) is 23.9 Å². The molecule has 0 aliphatic heterocycles. The molecule has 0 saturated carbocycles. The van der Waals surface area contributed by atoms with Crippen molar-refractivity contribution in [1.82, 2.24) is 4.98 Å². The molecular formula is C12H10ClN3O3. The van der Waals surface area contributed by atoms with Crippen LogP contribution in [0, 0.1) is 10.1 Å². The summed E-state index contributed by atoms with van der Waals surface area (Å²) in [7, 11) is 0. The molecule has 0 bridgehead atoms. The number of nitro groups is 1. The molecule has 0 atom stereocenters. The van der Waals surface area contributed by atoms with Crippen LogP contribution in [0.2, 0.25) is 5.02 Å². The normalized spacial score (nSPS) is 10.2. The molecule has 0 saturated heterocycles. The largest absolute Gasteiger partial charge is 0.431 e. The number of benzene rings is 1. The van der Waals surface area contributed by atoms with Gasteiger partial charge in [0.1, 0.15) is 0 Å². The molecule has 0 spiro atoms. The average Bonchev–Trinajstić information content (AvgIpc) is 2.39. The van der Waals surface area contributed by atoms with E-state index in [0.717, 1.165) is 0 Å². The van der Waals surface area contributed by atoms with Crippen molar-refractivity contribution in [3.05, 3.63) is 57.2 Å². The highest BCUT2D eigenvalue weighted by atomic mass is 35.5. The summed E-state index contributed by atoms with van der Waals surface area (Å²) >= 11 is 5.81. The predicted molar refractivity (Wildman–Crippen MR) is 70.3 cm³/mol. The minimum Gasteiger partial charge on any atom is -0.431 e. The van der Waals surface area contributed by atoms with Gasteiger partial charge in [-0.25, -0.2) is 4.98 Å². The summed E-state index contributed by atoms with van der Waals surface area (Å²) in [5, 5.41) is 11.3. The molecule has 1 aromatic heterocycles. The molecule has 0 unspecified atom stereocenters. The number of nitro benzene ring substituents is 1. The molecule has 0 fully saturated rings. The molecule has 0 amide bonds. The van der Waals surface area contributed by atoms with Gasteiger partial charge in [-0.2, -0.15) is 0 Å². The number of pyridine rings is 1. The first-order chi connectivity index (χ1) is 9.11. The Morgan fingerprint density at radius 1 is 1.42 bits per heavy atom. The monoisotopic (exact) mass is 279 g/mol. The maximum Gasteiger partial charge on any atom is 0.311 e. The van der Waals surface area contributed by atoms with Crippen LogP contribution in [0.1, 0.15) is 5.56 Å². The van der Waals surface area contributed by atoms with Crippen molar-refractivity contribution in [2.75, 3.05) is 0 Å². The summed E-state index contributed by atoms with van der Waals surface area (Å²) in [5.74, 6) is 0.265. The average molecular weight is 280 g/mol. The van der Waals surface area contributed by atoms with Crippen LogP contribution in [0.25, 0.3) is 0 Å². The molecular weight excluding hydrogens is 270 g/mol. The van der Waals surface area contributed by atoms with Gasteiger partial charge in [0.15, 0.2) is 0 Å². The molecule has 1 aromatic carbocycles. The molecule has 2 rings (SSSR count). The van der Waals surface area contributed by atoms with Crippen molar-refractivity contribution < 1.29 is 9.66 Å². The van der Waals surface area contributed by atoms with E-state index >= 15 is 0 Å². The number of rotatable bonds is 4. The summed E-state index contributed by atoms with van der Waals surface area (Å²) in [6.45, 7) is 0.220. The van der Waals surface area contributed by atoms with Gasteiger partial charge >= 0.3 is 5.69 Å². The summed E-state index contributed by atoms with van der Waals surface area (Å²) < 4.78 is 5.46. The van der Waals surface area contributed by atoms with E-state index < -0.39 is 4.92 Å². The van der Waals surface area contributed by atoms with Gasteiger partial charge in [-0.1, -0.05) is 17.7 Å². The van der Waals surface area contributed by atoms with Gasteiger partial charge in [0.05, 0.1) is 4.92 Å². The maximum atomic E-state index is 10.9. The Labute approximate surface area is 113 Å². The highest BCUT2D eigenvalue weighted by Crippen LogP contribution is 2.33.